The molecule has 0 bridgehead atoms. The first-order chi connectivity index (χ1) is 20.1. The number of fused-ring (bicyclic) bond motifs is 1. The van der Waals surface area contributed by atoms with Crippen LogP contribution >= 0.6 is 0 Å². The lowest BCUT2D eigenvalue weighted by Crippen LogP contribution is -2.22. The molecule has 214 valence electrons. The van der Waals surface area contributed by atoms with Gasteiger partial charge < -0.3 is 14.6 Å². The van der Waals surface area contributed by atoms with Crippen molar-refractivity contribution in [2.75, 3.05) is 0 Å². The third kappa shape index (κ3) is 6.38. The molecule has 0 aliphatic heterocycles. The molecule has 5 aromatic rings. The zero-order chi connectivity index (χ0) is 29.9. The number of carboxylic acid groups (broad SMARTS) is 1. The molecule has 0 fully saturated rings. The van der Waals surface area contributed by atoms with Crippen LogP contribution in [0.1, 0.15) is 34.7 Å². The molecule has 0 radical (unpaired) electrons. The summed E-state index contributed by atoms with van der Waals surface area (Å²) in [6.07, 6.45) is -3.47. The Kier molecular flexibility index (Phi) is 8.15. The van der Waals surface area contributed by atoms with E-state index in [2.05, 4.69) is 4.98 Å². The molecule has 0 saturated carbocycles. The lowest BCUT2D eigenvalue weighted by molar-refractivity contribution is -0.144. The maximum absolute atomic E-state index is 13.9. The first-order valence-electron chi connectivity index (χ1n) is 13.3. The van der Waals surface area contributed by atoms with Crippen molar-refractivity contribution in [1.82, 2.24) is 4.98 Å². The molecule has 1 heterocycles. The highest BCUT2D eigenvalue weighted by Crippen LogP contribution is 2.40. The van der Waals surface area contributed by atoms with Crippen LogP contribution in [0, 0.1) is 6.92 Å². The van der Waals surface area contributed by atoms with E-state index in [1.165, 1.54) is 13.0 Å². The van der Waals surface area contributed by atoms with E-state index in [0.29, 0.717) is 34.4 Å². The molecule has 0 saturated heterocycles. The lowest BCUT2D eigenvalue weighted by atomic mass is 9.91. The first kappa shape index (κ1) is 28.7. The molecule has 0 aliphatic carbocycles. The minimum absolute atomic E-state index is 0.0978. The molecule has 8 heteroatoms. The van der Waals surface area contributed by atoms with E-state index in [-0.39, 0.29) is 12.1 Å². The van der Waals surface area contributed by atoms with Gasteiger partial charge >= 0.3 is 12.1 Å². The summed E-state index contributed by atoms with van der Waals surface area (Å²) in [5, 5.41) is 9.44. The van der Waals surface area contributed by atoms with Crippen LogP contribution in [-0.2, 0) is 24.0 Å². The predicted octanol–water partition coefficient (Wildman–Crippen LogP) is 8.25. The van der Waals surface area contributed by atoms with Gasteiger partial charge in [-0.3, -0.25) is 4.98 Å². The number of aromatic nitrogens is 1. The number of rotatable bonds is 9. The Hall–Kier alpha value is -4.85. The highest BCUT2D eigenvalue weighted by Gasteiger charge is 2.33. The fourth-order valence-electron chi connectivity index (χ4n) is 4.81. The van der Waals surface area contributed by atoms with Gasteiger partial charge in [-0.1, -0.05) is 60.7 Å². The Morgan fingerprint density at radius 3 is 2.36 bits per heavy atom. The van der Waals surface area contributed by atoms with Gasteiger partial charge in [0.05, 0.1) is 11.1 Å². The van der Waals surface area contributed by atoms with Crippen LogP contribution in [0.25, 0.3) is 22.0 Å². The maximum atomic E-state index is 13.9. The van der Waals surface area contributed by atoms with Crippen LogP contribution in [0.5, 0.6) is 11.5 Å². The van der Waals surface area contributed by atoms with Crippen LogP contribution in [0.15, 0.2) is 97.2 Å². The van der Waals surface area contributed by atoms with E-state index in [4.69, 9.17) is 14.6 Å². The fourth-order valence-corrected chi connectivity index (χ4v) is 4.81. The highest BCUT2D eigenvalue weighted by atomic mass is 19.4. The van der Waals surface area contributed by atoms with E-state index in [1.807, 2.05) is 49.4 Å². The van der Waals surface area contributed by atoms with E-state index >= 15 is 0 Å². The molecular weight excluding hydrogens is 543 g/mol. The van der Waals surface area contributed by atoms with Crippen molar-refractivity contribution >= 4 is 16.9 Å². The minimum Gasteiger partial charge on any atom is -0.489 e. The topological polar surface area (TPSA) is 68.7 Å². The van der Waals surface area contributed by atoms with Crippen LogP contribution in [0.2, 0.25) is 0 Å². The molecule has 5 rings (SSSR count). The summed E-state index contributed by atoms with van der Waals surface area (Å²) in [7, 11) is 0. The van der Waals surface area contributed by atoms with E-state index in [0.717, 1.165) is 28.3 Å². The molecule has 1 aromatic heterocycles. The number of hydrogen-bond donors (Lipinski definition) is 1. The van der Waals surface area contributed by atoms with Crippen molar-refractivity contribution in [3.8, 4) is 22.6 Å². The summed E-state index contributed by atoms with van der Waals surface area (Å²) in [4.78, 5) is 15.3. The number of alkyl halides is 3. The quantitative estimate of drug-likeness (QED) is 0.193. The normalized spacial score (nSPS) is 12.2. The molecule has 0 amide bonds. The van der Waals surface area contributed by atoms with E-state index in [1.54, 1.807) is 42.6 Å². The second kappa shape index (κ2) is 11.9. The number of para-hydroxylation sites is 1. The van der Waals surface area contributed by atoms with Crippen molar-refractivity contribution in [3.05, 3.63) is 125 Å². The van der Waals surface area contributed by atoms with Gasteiger partial charge in [0.2, 0.25) is 0 Å². The van der Waals surface area contributed by atoms with Gasteiger partial charge in [0.25, 0.3) is 0 Å². The van der Waals surface area contributed by atoms with Crippen LogP contribution in [-0.4, -0.2) is 22.2 Å². The summed E-state index contributed by atoms with van der Waals surface area (Å²) < 4.78 is 53.1. The van der Waals surface area contributed by atoms with Crippen LogP contribution < -0.4 is 9.47 Å². The molecule has 1 atom stereocenters. The van der Waals surface area contributed by atoms with E-state index < -0.39 is 23.8 Å². The van der Waals surface area contributed by atoms with Gasteiger partial charge in [-0.2, -0.15) is 13.2 Å². The van der Waals surface area contributed by atoms with Crippen LogP contribution in [0.3, 0.4) is 0 Å². The van der Waals surface area contributed by atoms with Gasteiger partial charge in [-0.25, -0.2) is 4.79 Å². The van der Waals surface area contributed by atoms with Gasteiger partial charge in [0.1, 0.15) is 18.1 Å². The van der Waals surface area contributed by atoms with Gasteiger partial charge in [-0.05, 0) is 84.0 Å². The Morgan fingerprint density at radius 2 is 1.64 bits per heavy atom. The largest absolute Gasteiger partial charge is 0.489 e. The summed E-state index contributed by atoms with van der Waals surface area (Å²) in [5.74, 6) is -0.0771. The third-order valence-electron chi connectivity index (χ3n) is 7.04. The van der Waals surface area contributed by atoms with Crippen molar-refractivity contribution in [2.45, 2.75) is 39.2 Å². The highest BCUT2D eigenvalue weighted by molar-refractivity contribution is 5.98. The lowest BCUT2D eigenvalue weighted by Gasteiger charge is -2.17. The van der Waals surface area contributed by atoms with E-state index in [9.17, 15) is 18.0 Å². The molecule has 1 unspecified atom stereocenters. The summed E-state index contributed by atoms with van der Waals surface area (Å²) >= 11 is 0. The molecule has 0 spiro atoms. The summed E-state index contributed by atoms with van der Waals surface area (Å²) in [6, 6.07) is 26.2. The number of pyridine rings is 1. The number of aliphatic carboxylic acids is 1. The van der Waals surface area contributed by atoms with Crippen molar-refractivity contribution in [3.63, 3.8) is 0 Å². The summed E-state index contributed by atoms with van der Waals surface area (Å²) in [6.45, 7) is 3.68. The summed E-state index contributed by atoms with van der Waals surface area (Å²) in [5.41, 5.74) is 4.30. The van der Waals surface area contributed by atoms with Gasteiger partial charge in [0.15, 0.2) is 6.10 Å². The Labute approximate surface area is 241 Å². The number of benzene rings is 4. The Morgan fingerprint density at radius 1 is 0.905 bits per heavy atom. The number of ether oxygens (including phenoxy) is 2. The molecule has 42 heavy (non-hydrogen) atoms. The minimum atomic E-state index is -4.54. The number of halogens is 3. The molecule has 4 aromatic carbocycles. The SMILES string of the molecule is Cc1ccccc1Cc1cnc2c(C(F)(F)F)cccc2c1-c1cccc(OCc2ccc(OC(C)C(=O)O)cc2)c1. The third-order valence-corrected chi connectivity index (χ3v) is 7.04. The van der Waals surface area contributed by atoms with Crippen LogP contribution in [0.4, 0.5) is 13.2 Å². The van der Waals surface area contributed by atoms with Crippen molar-refractivity contribution in [2.24, 2.45) is 0 Å². The zero-order valence-electron chi connectivity index (χ0n) is 23.0. The number of aryl methyl sites for hydroxylation is 1. The zero-order valence-corrected chi connectivity index (χ0v) is 23.0. The molecule has 0 aliphatic rings. The first-order valence-corrected chi connectivity index (χ1v) is 13.3. The van der Waals surface area contributed by atoms with Crippen molar-refractivity contribution < 1.29 is 32.5 Å². The molecule has 5 nitrogen and oxygen atoms in total. The maximum Gasteiger partial charge on any atom is 0.418 e. The monoisotopic (exact) mass is 571 g/mol. The number of carboxylic acids is 1. The smallest absolute Gasteiger partial charge is 0.418 e. The average molecular weight is 572 g/mol. The second-order valence-electron chi connectivity index (χ2n) is 10.0. The predicted molar refractivity (Wildman–Crippen MR) is 155 cm³/mol. The average Bonchev–Trinajstić information content (AvgIpc) is 2.97. The Balaban J connectivity index is 1.49. The Bertz CT molecular complexity index is 1730. The van der Waals surface area contributed by atoms with Gasteiger partial charge in [-0.15, -0.1) is 0 Å². The standard InChI is InChI=1S/C34H28F3NO4/c1-21-7-3-4-8-24(21)17-26-19-38-32-29(11-6-12-30(32)34(35,36)37)31(26)25-9-5-10-28(18-25)41-20-23-13-15-27(16-14-23)42-22(2)33(39)40/h3-16,18-19,22H,17,20H2,1-2H3,(H,39,40). The molecular formula is C34H28F3NO4. The number of nitrogens with zero attached hydrogens (tertiary/aromatic N) is 1. The fraction of sp³-hybridized carbons (Fsp3) is 0.176. The van der Waals surface area contributed by atoms with Crippen molar-refractivity contribution in [1.29, 1.82) is 0 Å². The van der Waals surface area contributed by atoms with Gasteiger partial charge in [0, 0.05) is 11.6 Å². The second-order valence-corrected chi connectivity index (χ2v) is 10.0. The number of carbonyl (C=O) groups is 1. The number of hydrogen-bond acceptors (Lipinski definition) is 4. The molecule has 1 N–H and O–H groups in total.